The molecule has 1 atom stereocenters. The van der Waals surface area contributed by atoms with Crippen LogP contribution in [0.5, 0.6) is 0 Å². The molecule has 1 aliphatic rings. The lowest BCUT2D eigenvalue weighted by Crippen LogP contribution is -2.34. The van der Waals surface area contributed by atoms with Crippen LogP contribution < -0.4 is 10.6 Å². The summed E-state index contributed by atoms with van der Waals surface area (Å²) < 4.78 is 34.7. The van der Waals surface area contributed by atoms with Gasteiger partial charge in [0, 0.05) is 17.0 Å². The van der Waals surface area contributed by atoms with Gasteiger partial charge in [0.25, 0.3) is 0 Å². The zero-order valence-electron chi connectivity index (χ0n) is 16.7. The van der Waals surface area contributed by atoms with E-state index in [-0.39, 0.29) is 25.1 Å². The topological polar surface area (TPSA) is 63.7 Å². The molecule has 2 amide bonds. The number of imide groups is 1. The number of cyclic esters (lactones) is 1. The molecule has 0 aliphatic carbocycles. The molecule has 158 valence electrons. The fourth-order valence-electron chi connectivity index (χ4n) is 3.88. The van der Waals surface area contributed by atoms with Crippen LogP contribution in [-0.2, 0) is 14.1 Å². The predicted octanol–water partition coefficient (Wildman–Crippen LogP) is 4.25. The van der Waals surface area contributed by atoms with Crippen molar-refractivity contribution < 1.29 is 23.3 Å². The quantitative estimate of drug-likeness (QED) is 0.541. The number of ether oxygens (including phenoxy) is 1. The van der Waals surface area contributed by atoms with E-state index in [0.29, 0.717) is 10.6 Å². The lowest BCUT2D eigenvalue weighted by atomic mass is 10.1. The van der Waals surface area contributed by atoms with Gasteiger partial charge >= 0.3 is 6.09 Å². The number of nitrogens with zero attached hydrogens (tertiary/aromatic N) is 1. The molecule has 1 aliphatic heterocycles. The summed E-state index contributed by atoms with van der Waals surface area (Å²) in [5.41, 5.74) is -0.807. The van der Waals surface area contributed by atoms with Crippen molar-refractivity contribution >= 4 is 29.8 Å². The smallest absolute Gasteiger partial charge is 0.416 e. The fraction of sp³-hybridized carbons (Fsp3) is 0.167. The van der Waals surface area contributed by atoms with Gasteiger partial charge in [0.15, 0.2) is 7.14 Å². The SMILES string of the molecule is O=C(C[C@@H](c1ccccc1F)P(=O)(c1ccccc1)c1ccccc1)N1CCOC1=O. The Hall–Kier alpha value is -3.24. The Bertz CT molecular complexity index is 1090. The van der Waals surface area contributed by atoms with Crippen LogP contribution in [-0.4, -0.2) is 30.1 Å². The van der Waals surface area contributed by atoms with Crippen molar-refractivity contribution in [3.8, 4) is 0 Å². The Morgan fingerprint density at radius 2 is 1.48 bits per heavy atom. The van der Waals surface area contributed by atoms with Crippen molar-refractivity contribution in [2.24, 2.45) is 0 Å². The first-order valence-electron chi connectivity index (χ1n) is 9.94. The molecule has 0 N–H and O–H groups in total. The van der Waals surface area contributed by atoms with E-state index in [2.05, 4.69) is 0 Å². The number of benzene rings is 3. The largest absolute Gasteiger partial charge is 0.447 e. The van der Waals surface area contributed by atoms with Gasteiger partial charge in [-0.05, 0) is 11.6 Å². The van der Waals surface area contributed by atoms with Gasteiger partial charge in [0.05, 0.1) is 12.2 Å². The van der Waals surface area contributed by atoms with E-state index in [9.17, 15) is 18.5 Å². The zero-order chi connectivity index (χ0) is 21.8. The van der Waals surface area contributed by atoms with E-state index in [1.807, 2.05) is 12.1 Å². The van der Waals surface area contributed by atoms with Gasteiger partial charge in [-0.15, -0.1) is 0 Å². The molecule has 0 aromatic heterocycles. The van der Waals surface area contributed by atoms with E-state index >= 15 is 0 Å². The molecule has 1 heterocycles. The summed E-state index contributed by atoms with van der Waals surface area (Å²) in [5, 5.41) is 1.04. The van der Waals surface area contributed by atoms with Crippen LogP contribution in [0.2, 0.25) is 0 Å². The molecule has 31 heavy (non-hydrogen) atoms. The van der Waals surface area contributed by atoms with Crippen molar-refractivity contribution in [3.05, 3.63) is 96.3 Å². The molecule has 0 unspecified atom stereocenters. The number of amides is 2. The summed E-state index contributed by atoms with van der Waals surface area (Å²) in [5.74, 6) is -1.08. The molecule has 3 aromatic carbocycles. The van der Waals surface area contributed by atoms with Crippen molar-refractivity contribution in [2.45, 2.75) is 12.1 Å². The summed E-state index contributed by atoms with van der Waals surface area (Å²) in [6.07, 6.45) is -1.02. The first kappa shape index (κ1) is 21.0. The molecule has 0 bridgehead atoms. The average molecular weight is 437 g/mol. The normalized spacial score (nSPS) is 14.9. The van der Waals surface area contributed by atoms with Gasteiger partial charge in [-0.1, -0.05) is 78.9 Å². The maximum absolute atomic E-state index is 15.0. The number of hydrogen-bond acceptors (Lipinski definition) is 4. The molecule has 3 aromatic rings. The van der Waals surface area contributed by atoms with Gasteiger partial charge in [0.2, 0.25) is 5.91 Å². The van der Waals surface area contributed by atoms with Gasteiger partial charge in [0.1, 0.15) is 12.4 Å². The summed E-state index contributed by atoms with van der Waals surface area (Å²) in [4.78, 5) is 26.0. The molecular weight excluding hydrogens is 416 g/mol. The second-order valence-corrected chi connectivity index (χ2v) is 10.2. The molecule has 1 saturated heterocycles. The van der Waals surface area contributed by atoms with Crippen LogP contribution in [0.3, 0.4) is 0 Å². The van der Waals surface area contributed by atoms with Gasteiger partial charge in [-0.3, -0.25) is 4.79 Å². The first-order valence-corrected chi connectivity index (χ1v) is 11.7. The van der Waals surface area contributed by atoms with Crippen LogP contribution in [0.1, 0.15) is 17.6 Å². The van der Waals surface area contributed by atoms with Crippen LogP contribution in [0.15, 0.2) is 84.9 Å². The fourth-order valence-corrected chi connectivity index (χ4v) is 7.15. The third-order valence-corrected chi connectivity index (χ3v) is 8.88. The van der Waals surface area contributed by atoms with Crippen molar-refractivity contribution in [2.75, 3.05) is 13.2 Å². The second kappa shape index (κ2) is 8.86. The molecule has 4 rings (SSSR count). The summed E-state index contributed by atoms with van der Waals surface area (Å²) in [6.45, 7) is 0.243. The Kier molecular flexibility index (Phi) is 6.01. The highest BCUT2D eigenvalue weighted by atomic mass is 31.2. The van der Waals surface area contributed by atoms with Crippen molar-refractivity contribution in [3.63, 3.8) is 0 Å². The molecule has 0 spiro atoms. The van der Waals surface area contributed by atoms with E-state index in [1.54, 1.807) is 66.7 Å². The maximum Gasteiger partial charge on any atom is 0.416 e. The number of carbonyl (C=O) groups excluding carboxylic acids is 2. The number of rotatable bonds is 6. The maximum atomic E-state index is 15.0. The minimum absolute atomic E-state index is 0.115. The molecule has 0 saturated carbocycles. The van der Waals surface area contributed by atoms with Crippen LogP contribution in [0.4, 0.5) is 9.18 Å². The average Bonchev–Trinajstić information content (AvgIpc) is 3.24. The molecule has 0 radical (unpaired) electrons. The molecular formula is C24H21FNO4P. The zero-order valence-corrected chi connectivity index (χ0v) is 17.6. The minimum atomic E-state index is -3.54. The van der Waals surface area contributed by atoms with E-state index < -0.39 is 30.6 Å². The number of hydrogen-bond donors (Lipinski definition) is 0. The van der Waals surface area contributed by atoms with E-state index in [1.165, 1.54) is 6.07 Å². The molecule has 5 nitrogen and oxygen atoms in total. The van der Waals surface area contributed by atoms with Crippen molar-refractivity contribution in [1.82, 2.24) is 4.90 Å². The number of halogens is 1. The lowest BCUT2D eigenvalue weighted by Gasteiger charge is -2.30. The van der Waals surface area contributed by atoms with E-state index in [0.717, 1.165) is 4.90 Å². The Balaban J connectivity index is 1.89. The van der Waals surface area contributed by atoms with Gasteiger partial charge < -0.3 is 9.30 Å². The summed E-state index contributed by atoms with van der Waals surface area (Å²) in [6, 6.07) is 23.7. The third kappa shape index (κ3) is 4.04. The van der Waals surface area contributed by atoms with Crippen molar-refractivity contribution in [1.29, 1.82) is 0 Å². The second-order valence-electron chi connectivity index (χ2n) is 7.23. The Morgan fingerprint density at radius 3 is 2.00 bits per heavy atom. The number of carbonyl (C=O) groups is 2. The summed E-state index contributed by atoms with van der Waals surface area (Å²) >= 11 is 0. The van der Waals surface area contributed by atoms with Gasteiger partial charge in [-0.2, -0.15) is 0 Å². The van der Waals surface area contributed by atoms with Crippen LogP contribution in [0, 0.1) is 5.82 Å². The first-order chi connectivity index (χ1) is 15.0. The highest BCUT2D eigenvalue weighted by Gasteiger charge is 2.42. The Labute approximate surface area is 179 Å². The predicted molar refractivity (Wildman–Crippen MR) is 117 cm³/mol. The highest BCUT2D eigenvalue weighted by molar-refractivity contribution is 7.79. The lowest BCUT2D eigenvalue weighted by molar-refractivity contribution is -0.127. The third-order valence-electron chi connectivity index (χ3n) is 5.41. The summed E-state index contributed by atoms with van der Waals surface area (Å²) in [7, 11) is -3.54. The standard InChI is InChI=1S/C24H21FNO4P/c25-21-14-8-7-13-20(21)22(17-23(27)26-15-16-30-24(26)28)31(29,18-9-3-1-4-10-18)19-11-5-2-6-12-19/h1-14,22H,15-17H2/t22-/m0/s1. The Morgan fingerprint density at radius 1 is 0.935 bits per heavy atom. The monoisotopic (exact) mass is 437 g/mol. The molecule has 7 heteroatoms. The minimum Gasteiger partial charge on any atom is -0.447 e. The van der Waals surface area contributed by atoms with Crippen LogP contribution >= 0.6 is 7.14 Å². The van der Waals surface area contributed by atoms with Gasteiger partial charge in [-0.25, -0.2) is 14.1 Å². The molecule has 1 fully saturated rings. The van der Waals surface area contributed by atoms with E-state index in [4.69, 9.17) is 4.74 Å². The highest BCUT2D eigenvalue weighted by Crippen LogP contribution is 2.59. The van der Waals surface area contributed by atoms with Crippen LogP contribution in [0.25, 0.3) is 0 Å².